The van der Waals surface area contributed by atoms with Crippen molar-refractivity contribution in [2.45, 2.75) is 18.8 Å². The lowest BCUT2D eigenvalue weighted by atomic mass is 9.80. The maximum absolute atomic E-state index is 4.60. The molecule has 3 aliphatic rings. The largest absolute Gasteiger partial charge is 0.371 e. The molecule has 3 aliphatic heterocycles. The summed E-state index contributed by atoms with van der Waals surface area (Å²) in [7, 11) is 0. The number of para-hydroxylation sites is 1. The molecule has 4 heteroatoms. The van der Waals surface area contributed by atoms with Crippen LogP contribution < -0.4 is 15.5 Å². The third kappa shape index (κ3) is 2.51. The molecule has 0 amide bonds. The zero-order valence-corrected chi connectivity index (χ0v) is 15.4. The lowest BCUT2D eigenvalue weighted by molar-refractivity contribution is 0.470. The second-order valence-corrected chi connectivity index (χ2v) is 8.19. The predicted octanol–water partition coefficient (Wildman–Crippen LogP) is 4.05. The SMILES string of the molecule is c1ccc2ncc(Nc3cc4c5c(c3)[C@@H]3CNC[C@@H]3CN5CCC4)cc2c1. The Morgan fingerprint density at radius 2 is 2.04 bits per heavy atom. The second kappa shape index (κ2) is 5.96. The Hall–Kier alpha value is -2.59. The Kier molecular flexibility index (Phi) is 3.41. The molecular formula is C23H24N4. The van der Waals surface area contributed by atoms with Gasteiger partial charge in [-0.15, -0.1) is 0 Å². The third-order valence-electron chi connectivity index (χ3n) is 6.48. The van der Waals surface area contributed by atoms with Crippen molar-refractivity contribution in [3.05, 3.63) is 59.8 Å². The van der Waals surface area contributed by atoms with Crippen molar-refractivity contribution in [2.75, 3.05) is 36.4 Å². The van der Waals surface area contributed by atoms with E-state index in [-0.39, 0.29) is 0 Å². The van der Waals surface area contributed by atoms with Crippen molar-refractivity contribution < 1.29 is 0 Å². The number of hydrogen-bond acceptors (Lipinski definition) is 4. The summed E-state index contributed by atoms with van der Waals surface area (Å²) in [6, 6.07) is 15.2. The average Bonchev–Trinajstić information content (AvgIpc) is 3.17. The van der Waals surface area contributed by atoms with E-state index in [2.05, 4.69) is 56.9 Å². The predicted molar refractivity (Wildman–Crippen MR) is 111 cm³/mol. The maximum atomic E-state index is 4.60. The highest BCUT2D eigenvalue weighted by Gasteiger charge is 2.38. The van der Waals surface area contributed by atoms with E-state index in [1.807, 2.05) is 12.3 Å². The number of aromatic nitrogens is 1. The molecule has 0 unspecified atom stereocenters. The Labute approximate surface area is 159 Å². The van der Waals surface area contributed by atoms with Gasteiger partial charge in [0.1, 0.15) is 0 Å². The Bertz CT molecular complexity index is 1030. The molecule has 1 saturated heterocycles. The molecule has 4 heterocycles. The molecule has 0 saturated carbocycles. The van der Waals surface area contributed by atoms with Gasteiger partial charge in [-0.05, 0) is 54.2 Å². The molecule has 3 aromatic rings. The lowest BCUT2D eigenvalue weighted by Gasteiger charge is -2.42. The van der Waals surface area contributed by atoms with E-state index in [1.165, 1.54) is 48.3 Å². The number of fused-ring (bicyclic) bond motifs is 3. The average molecular weight is 356 g/mol. The number of nitrogens with one attached hydrogen (secondary N) is 2. The van der Waals surface area contributed by atoms with Gasteiger partial charge in [-0.1, -0.05) is 18.2 Å². The molecule has 2 N–H and O–H groups in total. The molecule has 0 aliphatic carbocycles. The van der Waals surface area contributed by atoms with Gasteiger partial charge in [0.15, 0.2) is 0 Å². The molecule has 0 bridgehead atoms. The summed E-state index contributed by atoms with van der Waals surface area (Å²) < 4.78 is 0. The molecular weight excluding hydrogens is 332 g/mol. The van der Waals surface area contributed by atoms with Gasteiger partial charge in [-0.3, -0.25) is 4.98 Å². The van der Waals surface area contributed by atoms with Crippen molar-refractivity contribution in [1.29, 1.82) is 0 Å². The van der Waals surface area contributed by atoms with Gasteiger partial charge < -0.3 is 15.5 Å². The zero-order chi connectivity index (χ0) is 17.8. The van der Waals surface area contributed by atoms with Crippen LogP contribution in [0.4, 0.5) is 17.1 Å². The van der Waals surface area contributed by atoms with E-state index in [9.17, 15) is 0 Å². The monoisotopic (exact) mass is 356 g/mol. The fraction of sp³-hybridized carbons (Fsp3) is 0.348. The van der Waals surface area contributed by atoms with Gasteiger partial charge in [0.2, 0.25) is 0 Å². The highest BCUT2D eigenvalue weighted by molar-refractivity contribution is 5.83. The summed E-state index contributed by atoms with van der Waals surface area (Å²) in [5.74, 6) is 1.41. The highest BCUT2D eigenvalue weighted by Crippen LogP contribution is 2.46. The zero-order valence-electron chi connectivity index (χ0n) is 15.4. The lowest BCUT2D eigenvalue weighted by Crippen LogP contribution is -2.41. The first kappa shape index (κ1) is 15.5. The summed E-state index contributed by atoms with van der Waals surface area (Å²) in [5.41, 5.74) is 7.90. The van der Waals surface area contributed by atoms with Crippen molar-refractivity contribution in [1.82, 2.24) is 10.3 Å². The van der Waals surface area contributed by atoms with E-state index >= 15 is 0 Å². The summed E-state index contributed by atoms with van der Waals surface area (Å²) in [5, 5.41) is 8.43. The van der Waals surface area contributed by atoms with E-state index < -0.39 is 0 Å². The first-order chi connectivity index (χ1) is 13.3. The summed E-state index contributed by atoms with van der Waals surface area (Å²) >= 11 is 0. The normalized spacial score (nSPS) is 23.2. The smallest absolute Gasteiger partial charge is 0.0703 e. The summed E-state index contributed by atoms with van der Waals surface area (Å²) in [4.78, 5) is 7.25. The van der Waals surface area contributed by atoms with Crippen LogP contribution in [0.5, 0.6) is 0 Å². The minimum Gasteiger partial charge on any atom is -0.371 e. The molecule has 1 fully saturated rings. The first-order valence-corrected chi connectivity index (χ1v) is 10.1. The van der Waals surface area contributed by atoms with Crippen molar-refractivity contribution in [2.24, 2.45) is 5.92 Å². The number of anilines is 3. The van der Waals surface area contributed by atoms with Crippen LogP contribution >= 0.6 is 0 Å². The molecule has 0 radical (unpaired) electrons. The fourth-order valence-corrected chi connectivity index (χ4v) is 5.28. The molecule has 4 nitrogen and oxygen atoms in total. The molecule has 1 aromatic heterocycles. The third-order valence-corrected chi connectivity index (χ3v) is 6.48. The van der Waals surface area contributed by atoms with Crippen LogP contribution in [0.25, 0.3) is 10.9 Å². The number of aryl methyl sites for hydroxylation is 1. The van der Waals surface area contributed by atoms with Crippen LogP contribution in [0.3, 0.4) is 0 Å². The molecule has 0 spiro atoms. The second-order valence-electron chi connectivity index (χ2n) is 8.19. The molecule has 136 valence electrons. The van der Waals surface area contributed by atoms with E-state index in [4.69, 9.17) is 0 Å². The van der Waals surface area contributed by atoms with Crippen LogP contribution in [-0.2, 0) is 6.42 Å². The van der Waals surface area contributed by atoms with Crippen molar-refractivity contribution >= 4 is 28.0 Å². The standard InChI is InChI=1S/C23H24N4/c1-2-6-22-15(4-1)8-19(12-25-22)26-18-9-16-5-3-7-27-14-17-11-24-13-21(17)20(10-18)23(16)27/h1-2,4,6,8-10,12,17,21,24,26H,3,5,7,11,13-14H2/t17-,21-/m1/s1. The summed E-state index contributed by atoms with van der Waals surface area (Å²) in [6.07, 6.45) is 4.40. The minimum atomic E-state index is 0.657. The Morgan fingerprint density at radius 3 is 3.04 bits per heavy atom. The van der Waals surface area contributed by atoms with Crippen molar-refractivity contribution in [3.8, 4) is 0 Å². The molecule has 2 atom stereocenters. The minimum absolute atomic E-state index is 0.657. The maximum Gasteiger partial charge on any atom is 0.0703 e. The van der Waals surface area contributed by atoms with Gasteiger partial charge in [-0.2, -0.15) is 0 Å². The van der Waals surface area contributed by atoms with E-state index in [0.29, 0.717) is 5.92 Å². The van der Waals surface area contributed by atoms with Gasteiger partial charge >= 0.3 is 0 Å². The Morgan fingerprint density at radius 1 is 1.07 bits per heavy atom. The topological polar surface area (TPSA) is 40.2 Å². The number of nitrogens with zero attached hydrogens (tertiary/aromatic N) is 2. The van der Waals surface area contributed by atoms with Crippen LogP contribution in [0.1, 0.15) is 23.5 Å². The van der Waals surface area contributed by atoms with Crippen molar-refractivity contribution in [3.63, 3.8) is 0 Å². The van der Waals surface area contributed by atoms with E-state index in [0.717, 1.165) is 30.2 Å². The quantitative estimate of drug-likeness (QED) is 0.727. The van der Waals surface area contributed by atoms with Crippen LogP contribution in [0.15, 0.2) is 48.7 Å². The van der Waals surface area contributed by atoms with E-state index in [1.54, 1.807) is 5.56 Å². The fourth-order valence-electron chi connectivity index (χ4n) is 5.28. The number of hydrogen-bond donors (Lipinski definition) is 2. The molecule has 27 heavy (non-hydrogen) atoms. The van der Waals surface area contributed by atoms with Crippen LogP contribution in [-0.4, -0.2) is 31.2 Å². The molecule has 6 rings (SSSR count). The number of benzene rings is 2. The van der Waals surface area contributed by atoms with Gasteiger partial charge in [0.05, 0.1) is 17.4 Å². The Balaban J connectivity index is 1.41. The molecule has 2 aromatic carbocycles. The highest BCUT2D eigenvalue weighted by atomic mass is 15.2. The van der Waals surface area contributed by atoms with Crippen LogP contribution in [0.2, 0.25) is 0 Å². The number of pyridine rings is 1. The summed E-state index contributed by atoms with van der Waals surface area (Å²) in [6.45, 7) is 4.71. The van der Waals surface area contributed by atoms with Gasteiger partial charge in [-0.25, -0.2) is 0 Å². The first-order valence-electron chi connectivity index (χ1n) is 10.1. The van der Waals surface area contributed by atoms with Crippen LogP contribution in [0, 0.1) is 5.92 Å². The van der Waals surface area contributed by atoms with Gasteiger partial charge in [0.25, 0.3) is 0 Å². The number of rotatable bonds is 2. The van der Waals surface area contributed by atoms with Gasteiger partial charge in [0, 0.05) is 48.9 Å².